The highest BCUT2D eigenvalue weighted by atomic mass is 16.3. The number of nitrogens with zero attached hydrogens (tertiary/aromatic N) is 6. The molecule has 5 aromatic heterocycles. The molecule has 0 unspecified atom stereocenters. The van der Waals surface area contributed by atoms with Crippen LogP contribution in [0.5, 0.6) is 0 Å². The summed E-state index contributed by atoms with van der Waals surface area (Å²) in [7, 11) is 0. The lowest BCUT2D eigenvalue weighted by Crippen LogP contribution is -2.14. The van der Waals surface area contributed by atoms with Gasteiger partial charge < -0.3 is 22.7 Å². The lowest BCUT2D eigenvalue weighted by Gasteiger charge is -2.27. The first-order valence-corrected chi connectivity index (χ1v) is 23.4. The van der Waals surface area contributed by atoms with Gasteiger partial charge in [0, 0.05) is 59.9 Å². The number of rotatable bonds is 4. The molecule has 0 fully saturated rings. The van der Waals surface area contributed by atoms with E-state index in [9.17, 15) is 11.8 Å². The zero-order chi connectivity index (χ0) is 46.4. The Labute approximate surface area is 399 Å². The molecular weight excluding hydrogens is 857 g/mol. The number of benzene rings is 10. The number of furan rings is 1. The van der Waals surface area contributed by atoms with Crippen LogP contribution in [-0.4, -0.2) is 18.3 Å². The van der Waals surface area contributed by atoms with E-state index in [-0.39, 0.29) is 0 Å². The Balaban J connectivity index is 1.27. The number of hydrogen-bond acceptors (Lipinski definition) is 2. The quantitative estimate of drug-likeness (QED) is 0.165. The van der Waals surface area contributed by atoms with Gasteiger partial charge in [-0.2, -0.15) is 5.26 Å². The molecule has 0 saturated carbocycles. The van der Waals surface area contributed by atoms with Gasteiger partial charge in [-0.05, 0) is 67.6 Å². The Morgan fingerprint density at radius 3 is 1.26 bits per heavy atom. The van der Waals surface area contributed by atoms with Gasteiger partial charge in [0.15, 0.2) is 0 Å². The molecule has 15 aromatic rings. The summed E-state index contributed by atoms with van der Waals surface area (Å²) in [5.74, 6) is 0. The highest BCUT2D eigenvalue weighted by Crippen LogP contribution is 2.52. The molecule has 10 aromatic carbocycles. The lowest BCUT2D eigenvalue weighted by molar-refractivity contribution is 0.669. The van der Waals surface area contributed by atoms with Crippen molar-refractivity contribution in [3.8, 4) is 28.8 Å². The van der Waals surface area contributed by atoms with Gasteiger partial charge in [0.1, 0.15) is 17.2 Å². The molecule has 0 saturated heterocycles. The van der Waals surface area contributed by atoms with Crippen LogP contribution < -0.4 is 0 Å². The van der Waals surface area contributed by atoms with E-state index in [1.54, 1.807) is 0 Å². The van der Waals surface area contributed by atoms with E-state index in [1.165, 1.54) is 0 Å². The summed E-state index contributed by atoms with van der Waals surface area (Å²) >= 11 is 0. The van der Waals surface area contributed by atoms with Gasteiger partial charge in [-0.15, -0.1) is 0 Å². The van der Waals surface area contributed by atoms with Crippen molar-refractivity contribution >= 4 is 115 Å². The maximum atomic E-state index is 12.4. The van der Waals surface area contributed by atoms with Crippen LogP contribution >= 0.6 is 0 Å². The Morgan fingerprint density at radius 2 is 0.771 bits per heavy atom. The molecule has 0 bridgehead atoms. The molecule has 7 heteroatoms. The molecule has 0 amide bonds. The van der Waals surface area contributed by atoms with Crippen molar-refractivity contribution in [2.45, 2.75) is 6.92 Å². The van der Waals surface area contributed by atoms with Crippen LogP contribution in [0.1, 0.15) is 11.1 Å². The lowest BCUT2D eigenvalue weighted by atomic mass is 10.0. The van der Waals surface area contributed by atoms with Crippen molar-refractivity contribution in [1.29, 1.82) is 5.26 Å². The minimum Gasteiger partial charge on any atom is -0.456 e. The fourth-order valence-electron chi connectivity index (χ4n) is 11.8. The van der Waals surface area contributed by atoms with Crippen molar-refractivity contribution in [1.82, 2.24) is 18.3 Å². The van der Waals surface area contributed by atoms with Gasteiger partial charge in [-0.25, -0.2) is 4.85 Å². The molecule has 0 spiro atoms. The molecule has 70 heavy (non-hydrogen) atoms. The fourth-order valence-corrected chi connectivity index (χ4v) is 11.8. The molecule has 5 heterocycles. The smallest absolute Gasteiger partial charge is 0.237 e. The first-order valence-electron chi connectivity index (χ1n) is 23.4. The molecule has 0 N–H and O–H groups in total. The van der Waals surface area contributed by atoms with Crippen molar-refractivity contribution in [2.75, 3.05) is 0 Å². The predicted molar refractivity (Wildman–Crippen MR) is 287 cm³/mol. The maximum Gasteiger partial charge on any atom is 0.237 e. The van der Waals surface area contributed by atoms with E-state index in [1.807, 2.05) is 18.2 Å². The van der Waals surface area contributed by atoms with Gasteiger partial charge in [-0.1, -0.05) is 139 Å². The van der Waals surface area contributed by atoms with E-state index in [0.717, 1.165) is 120 Å². The molecule has 15 rings (SSSR count). The minimum atomic E-state index is 0.341. The Bertz CT molecular complexity index is 4570. The van der Waals surface area contributed by atoms with E-state index < -0.39 is 0 Å². The number of para-hydroxylation sites is 7. The Hall–Kier alpha value is -9.82. The Kier molecular flexibility index (Phi) is 7.72. The topological polar surface area (TPSA) is 61.0 Å². The molecule has 0 radical (unpaired) electrons. The third-order valence-electron chi connectivity index (χ3n) is 14.6. The maximum absolute atomic E-state index is 12.4. The summed E-state index contributed by atoms with van der Waals surface area (Å²) in [5, 5.41) is 22.9. The largest absolute Gasteiger partial charge is 0.456 e. The zero-order valence-electron chi connectivity index (χ0n) is 37.6. The zero-order valence-corrected chi connectivity index (χ0v) is 37.6. The third kappa shape index (κ3) is 4.94. The summed E-state index contributed by atoms with van der Waals surface area (Å²) in [4.78, 5) is 4.72. The summed E-state index contributed by atoms with van der Waals surface area (Å²) in [6, 6.07) is 72.6. The summed E-state index contributed by atoms with van der Waals surface area (Å²) < 4.78 is 15.7. The monoisotopic (exact) mass is 892 g/mol. The number of nitriles is 1. The number of hydrogen-bond donors (Lipinski definition) is 0. The number of aromatic nitrogens is 4. The molecule has 0 atom stereocenters. The van der Waals surface area contributed by atoms with E-state index in [0.29, 0.717) is 28.3 Å². The number of aryl methyl sites for hydroxylation is 1. The van der Waals surface area contributed by atoms with Crippen molar-refractivity contribution in [3.05, 3.63) is 223 Å². The third-order valence-corrected chi connectivity index (χ3v) is 14.6. The molecular formula is C63H36N6O. The summed E-state index contributed by atoms with van der Waals surface area (Å²) in [5.41, 5.74) is 13.3. The summed E-state index contributed by atoms with van der Waals surface area (Å²) in [6.45, 7) is 11.8. The SMILES string of the molecule is [C-]#[N+]c1c(-n2c3ccc(C)cc3c3cc4c(cc32)oc2ccccc24)c(C#N)c(-n2c3ccccc3c3ccccc32)c(-n2c3ccccc3c3ccccc32)c1-n1c2ccccc2c2ccccc21. The van der Waals surface area contributed by atoms with Crippen molar-refractivity contribution in [3.63, 3.8) is 0 Å². The predicted octanol–water partition coefficient (Wildman–Crippen LogP) is 16.7. The second-order valence-electron chi connectivity index (χ2n) is 18.3. The highest BCUT2D eigenvalue weighted by Gasteiger charge is 2.34. The average molecular weight is 893 g/mol. The van der Waals surface area contributed by atoms with Crippen LogP contribution in [0.4, 0.5) is 5.69 Å². The van der Waals surface area contributed by atoms with Gasteiger partial charge in [-0.3, -0.25) is 0 Å². The van der Waals surface area contributed by atoms with Gasteiger partial charge in [0.05, 0.1) is 79.0 Å². The molecule has 324 valence electrons. The minimum absolute atomic E-state index is 0.341. The van der Waals surface area contributed by atoms with Crippen molar-refractivity contribution < 1.29 is 4.42 Å². The fraction of sp³-hybridized carbons (Fsp3) is 0.0159. The van der Waals surface area contributed by atoms with Crippen LogP contribution in [0.25, 0.3) is 137 Å². The van der Waals surface area contributed by atoms with Gasteiger partial charge in [0.25, 0.3) is 0 Å². The van der Waals surface area contributed by atoms with Crippen LogP contribution in [0.15, 0.2) is 205 Å². The van der Waals surface area contributed by atoms with Gasteiger partial charge >= 0.3 is 0 Å². The van der Waals surface area contributed by atoms with Crippen LogP contribution in [0.2, 0.25) is 0 Å². The second kappa shape index (κ2) is 14.1. The highest BCUT2D eigenvalue weighted by molar-refractivity contribution is 6.20. The van der Waals surface area contributed by atoms with E-state index in [2.05, 4.69) is 213 Å². The number of fused-ring (bicyclic) bond motifs is 15. The Morgan fingerprint density at radius 1 is 0.371 bits per heavy atom. The first-order chi connectivity index (χ1) is 34.6. The van der Waals surface area contributed by atoms with Crippen LogP contribution in [-0.2, 0) is 0 Å². The standard InChI is InChI=1S/C63H36N6O/c1-37-31-32-55-45(33-37)46-34-47-44-23-9-16-30-57(44)70-58(47)35-56(46)69(55)60-48(36-64)61(66-49-24-10-3-17-38(49)39-18-4-11-25-50(39)66)63(68-53-28-14-7-21-42(53)43-22-8-15-29-54(43)68)62(59(60)65-2)67-51-26-12-5-19-40(51)41-20-6-13-27-52(41)67/h3-35H,1H3. The molecule has 7 nitrogen and oxygen atoms in total. The second-order valence-corrected chi connectivity index (χ2v) is 18.3. The van der Waals surface area contributed by atoms with E-state index in [4.69, 9.17) is 9.26 Å². The summed E-state index contributed by atoms with van der Waals surface area (Å²) in [6.07, 6.45) is 0. The molecule has 0 aliphatic heterocycles. The van der Waals surface area contributed by atoms with Crippen molar-refractivity contribution in [2.24, 2.45) is 0 Å². The van der Waals surface area contributed by atoms with Crippen LogP contribution in [0.3, 0.4) is 0 Å². The molecule has 0 aliphatic carbocycles. The normalized spacial score (nSPS) is 12.0. The van der Waals surface area contributed by atoms with Gasteiger partial charge in [0.2, 0.25) is 5.69 Å². The molecule has 0 aliphatic rings. The first kappa shape index (κ1) is 38.3. The van der Waals surface area contributed by atoms with Crippen LogP contribution in [0, 0.1) is 24.8 Å². The van der Waals surface area contributed by atoms with E-state index >= 15 is 0 Å². The average Bonchev–Trinajstić information content (AvgIpc) is 4.20.